The third-order valence-electron chi connectivity index (χ3n) is 0.977. The molecule has 0 saturated carbocycles. The SMILES string of the molecule is FC(F)Oc1[c]cccc1Br. The van der Waals surface area contributed by atoms with Crippen molar-refractivity contribution in [2.45, 2.75) is 6.61 Å². The summed E-state index contributed by atoms with van der Waals surface area (Å²) in [5.41, 5.74) is 0. The van der Waals surface area contributed by atoms with Crippen LogP contribution in [0.2, 0.25) is 0 Å². The highest BCUT2D eigenvalue weighted by atomic mass is 79.9. The van der Waals surface area contributed by atoms with Crippen LogP contribution in [0.4, 0.5) is 8.78 Å². The van der Waals surface area contributed by atoms with Crippen molar-refractivity contribution in [2.24, 2.45) is 0 Å². The summed E-state index contributed by atoms with van der Waals surface area (Å²) in [4.78, 5) is 0. The molecule has 0 aliphatic rings. The van der Waals surface area contributed by atoms with E-state index >= 15 is 0 Å². The van der Waals surface area contributed by atoms with Crippen molar-refractivity contribution >= 4 is 15.9 Å². The normalized spacial score (nSPS) is 10.2. The highest BCUT2D eigenvalue weighted by Gasteiger charge is 2.06. The number of hydrogen-bond acceptors (Lipinski definition) is 1. The highest BCUT2D eigenvalue weighted by molar-refractivity contribution is 9.10. The zero-order chi connectivity index (χ0) is 8.27. The molecular weight excluding hydrogens is 218 g/mol. The van der Waals surface area contributed by atoms with Gasteiger partial charge in [0.15, 0.2) is 0 Å². The number of hydrogen-bond donors (Lipinski definition) is 0. The van der Waals surface area contributed by atoms with Gasteiger partial charge in [0.05, 0.1) is 4.47 Å². The van der Waals surface area contributed by atoms with Crippen LogP contribution in [-0.4, -0.2) is 6.61 Å². The Morgan fingerprint density at radius 3 is 2.82 bits per heavy atom. The van der Waals surface area contributed by atoms with Crippen molar-refractivity contribution in [3.05, 3.63) is 28.7 Å². The topological polar surface area (TPSA) is 9.23 Å². The van der Waals surface area contributed by atoms with Crippen LogP contribution in [0.3, 0.4) is 0 Å². The van der Waals surface area contributed by atoms with Crippen LogP contribution >= 0.6 is 15.9 Å². The van der Waals surface area contributed by atoms with Gasteiger partial charge in [-0.25, -0.2) is 0 Å². The Balaban J connectivity index is 2.78. The Hall–Kier alpha value is -0.640. The van der Waals surface area contributed by atoms with Gasteiger partial charge in [0.1, 0.15) is 5.75 Å². The van der Waals surface area contributed by atoms with Crippen LogP contribution in [0.15, 0.2) is 22.7 Å². The summed E-state index contributed by atoms with van der Waals surface area (Å²) in [5.74, 6) is 0.0301. The molecular formula is C7H4BrF2O. The van der Waals surface area contributed by atoms with Gasteiger partial charge in [-0.1, -0.05) is 12.1 Å². The number of halogens is 3. The Morgan fingerprint density at radius 2 is 2.27 bits per heavy atom. The van der Waals surface area contributed by atoms with E-state index in [4.69, 9.17) is 0 Å². The lowest BCUT2D eigenvalue weighted by Crippen LogP contribution is -2.02. The van der Waals surface area contributed by atoms with Crippen molar-refractivity contribution in [2.75, 3.05) is 0 Å². The van der Waals surface area contributed by atoms with Gasteiger partial charge in [-0.15, -0.1) is 0 Å². The number of ether oxygens (including phenoxy) is 1. The van der Waals surface area contributed by atoms with Crippen LogP contribution in [0.25, 0.3) is 0 Å². The second kappa shape index (κ2) is 3.67. The molecule has 0 heterocycles. The second-order valence-electron chi connectivity index (χ2n) is 1.73. The van der Waals surface area contributed by atoms with Gasteiger partial charge in [-0.3, -0.25) is 0 Å². The zero-order valence-corrected chi connectivity index (χ0v) is 6.94. The maximum atomic E-state index is 11.6. The number of para-hydroxylation sites is 1. The Kier molecular flexibility index (Phi) is 2.82. The lowest BCUT2D eigenvalue weighted by atomic mass is 10.3. The van der Waals surface area contributed by atoms with E-state index < -0.39 is 6.61 Å². The standard InChI is InChI=1S/C7H4BrF2O/c8-5-3-1-2-4-6(5)11-7(9)10/h1-3,7H. The smallest absolute Gasteiger partial charge is 0.387 e. The third-order valence-corrected chi connectivity index (χ3v) is 1.60. The third kappa shape index (κ3) is 2.46. The largest absolute Gasteiger partial charge is 0.433 e. The monoisotopic (exact) mass is 221 g/mol. The summed E-state index contributed by atoms with van der Waals surface area (Å²) in [5, 5.41) is 0. The van der Waals surface area contributed by atoms with Gasteiger partial charge in [0, 0.05) is 6.07 Å². The first kappa shape index (κ1) is 8.46. The number of benzene rings is 1. The van der Waals surface area contributed by atoms with E-state index in [1.165, 1.54) is 6.07 Å². The first-order valence-electron chi connectivity index (χ1n) is 2.81. The minimum atomic E-state index is -2.80. The quantitative estimate of drug-likeness (QED) is 0.747. The fourth-order valence-electron chi connectivity index (χ4n) is 0.580. The lowest BCUT2D eigenvalue weighted by molar-refractivity contribution is -0.0505. The summed E-state index contributed by atoms with van der Waals surface area (Å²) in [6.45, 7) is -2.80. The molecule has 59 valence electrons. The Bertz CT molecular complexity index is 240. The van der Waals surface area contributed by atoms with E-state index in [1.807, 2.05) is 0 Å². The first-order valence-corrected chi connectivity index (χ1v) is 3.60. The molecule has 0 aromatic heterocycles. The first-order chi connectivity index (χ1) is 5.20. The Morgan fingerprint density at radius 1 is 1.55 bits per heavy atom. The van der Waals surface area contributed by atoms with Crippen molar-refractivity contribution < 1.29 is 13.5 Å². The van der Waals surface area contributed by atoms with Crippen molar-refractivity contribution in [1.29, 1.82) is 0 Å². The van der Waals surface area contributed by atoms with E-state index in [1.54, 1.807) is 12.1 Å². The highest BCUT2D eigenvalue weighted by Crippen LogP contribution is 2.24. The molecule has 1 radical (unpaired) electrons. The molecule has 0 atom stereocenters. The van der Waals surface area contributed by atoms with E-state index in [0.29, 0.717) is 4.47 Å². The maximum Gasteiger partial charge on any atom is 0.387 e. The van der Waals surface area contributed by atoms with Crippen LogP contribution in [-0.2, 0) is 0 Å². The number of rotatable bonds is 2. The molecule has 0 bridgehead atoms. The van der Waals surface area contributed by atoms with E-state index in [2.05, 4.69) is 26.7 Å². The van der Waals surface area contributed by atoms with Crippen LogP contribution in [0.5, 0.6) is 5.75 Å². The Labute approximate surface area is 71.1 Å². The molecule has 1 nitrogen and oxygen atoms in total. The summed E-state index contributed by atoms with van der Waals surface area (Å²) in [6.07, 6.45) is 0. The molecule has 0 fully saturated rings. The molecule has 1 aromatic rings. The zero-order valence-electron chi connectivity index (χ0n) is 5.35. The van der Waals surface area contributed by atoms with Gasteiger partial charge in [-0.05, 0) is 22.0 Å². The predicted molar refractivity (Wildman–Crippen MR) is 39.6 cm³/mol. The summed E-state index contributed by atoms with van der Waals surface area (Å²) in [6, 6.07) is 7.30. The van der Waals surface area contributed by atoms with Gasteiger partial charge in [0.2, 0.25) is 0 Å². The van der Waals surface area contributed by atoms with Crippen LogP contribution in [0, 0.1) is 6.07 Å². The number of alkyl halides is 2. The van der Waals surface area contributed by atoms with Crippen molar-refractivity contribution in [3.63, 3.8) is 0 Å². The summed E-state index contributed by atoms with van der Waals surface area (Å²) < 4.78 is 27.9. The van der Waals surface area contributed by atoms with Gasteiger partial charge < -0.3 is 4.74 Å². The predicted octanol–water partition coefficient (Wildman–Crippen LogP) is 2.85. The average Bonchev–Trinajstić information content (AvgIpc) is 1.93. The molecule has 0 aliphatic carbocycles. The maximum absolute atomic E-state index is 11.6. The summed E-state index contributed by atoms with van der Waals surface area (Å²) in [7, 11) is 0. The molecule has 4 heteroatoms. The fraction of sp³-hybridized carbons (Fsp3) is 0.143. The molecule has 1 aromatic carbocycles. The van der Waals surface area contributed by atoms with Crippen molar-refractivity contribution in [1.82, 2.24) is 0 Å². The second-order valence-corrected chi connectivity index (χ2v) is 2.58. The van der Waals surface area contributed by atoms with E-state index in [0.717, 1.165) is 0 Å². The molecule has 0 saturated heterocycles. The van der Waals surface area contributed by atoms with Crippen LogP contribution < -0.4 is 4.74 Å². The molecule has 0 amide bonds. The van der Waals surface area contributed by atoms with E-state index in [9.17, 15) is 8.78 Å². The summed E-state index contributed by atoms with van der Waals surface area (Å²) >= 11 is 3.04. The minimum absolute atomic E-state index is 0.0301. The minimum Gasteiger partial charge on any atom is -0.433 e. The molecule has 0 unspecified atom stereocenters. The van der Waals surface area contributed by atoms with Crippen LogP contribution in [0.1, 0.15) is 0 Å². The lowest BCUT2D eigenvalue weighted by Gasteiger charge is -2.04. The average molecular weight is 222 g/mol. The van der Waals surface area contributed by atoms with E-state index in [-0.39, 0.29) is 5.75 Å². The molecule has 1 rings (SSSR count). The molecule has 11 heavy (non-hydrogen) atoms. The molecule has 0 spiro atoms. The van der Waals surface area contributed by atoms with Gasteiger partial charge >= 0.3 is 6.61 Å². The van der Waals surface area contributed by atoms with Crippen molar-refractivity contribution in [3.8, 4) is 5.75 Å². The molecule has 0 aliphatic heterocycles. The fourth-order valence-corrected chi connectivity index (χ4v) is 0.941. The van der Waals surface area contributed by atoms with Gasteiger partial charge in [0.25, 0.3) is 0 Å². The molecule has 0 N–H and O–H groups in total. The van der Waals surface area contributed by atoms with Gasteiger partial charge in [-0.2, -0.15) is 8.78 Å².